The van der Waals surface area contributed by atoms with Crippen LogP contribution in [0, 0.1) is 6.92 Å². The van der Waals surface area contributed by atoms with Crippen molar-refractivity contribution in [2.75, 3.05) is 26.6 Å². The molecule has 40 heavy (non-hydrogen) atoms. The topological polar surface area (TPSA) is 85.9 Å². The summed E-state index contributed by atoms with van der Waals surface area (Å²) in [6.45, 7) is 3.92. The fourth-order valence-electron chi connectivity index (χ4n) is 5.71. The molecule has 5 rings (SSSR count). The third-order valence-corrected chi connectivity index (χ3v) is 7.72. The maximum atomic E-state index is 13.9. The van der Waals surface area contributed by atoms with Gasteiger partial charge in [-0.15, -0.1) is 0 Å². The molecule has 0 fully saturated rings. The molecule has 0 saturated carbocycles. The van der Waals surface area contributed by atoms with Crippen molar-refractivity contribution in [1.29, 1.82) is 0 Å². The predicted octanol–water partition coefficient (Wildman–Crippen LogP) is 6.02. The summed E-state index contributed by atoms with van der Waals surface area (Å²) in [5, 5.41) is 6.47. The lowest BCUT2D eigenvalue weighted by Crippen LogP contribution is -2.37. The van der Waals surface area contributed by atoms with Crippen molar-refractivity contribution in [2.24, 2.45) is 0 Å². The minimum atomic E-state index is -0.495. The molecule has 0 aromatic heterocycles. The van der Waals surface area contributed by atoms with Crippen molar-refractivity contribution >= 4 is 17.4 Å². The number of para-hydroxylation sites is 2. The van der Waals surface area contributed by atoms with Gasteiger partial charge in [0.15, 0.2) is 17.3 Å². The van der Waals surface area contributed by atoms with Gasteiger partial charge in [-0.2, -0.15) is 0 Å². The van der Waals surface area contributed by atoms with E-state index in [1.165, 1.54) is 0 Å². The molecule has 2 N–H and O–H groups in total. The lowest BCUT2D eigenvalue weighted by atomic mass is 9.71. The molecule has 1 aliphatic heterocycles. The number of amides is 1. The summed E-state index contributed by atoms with van der Waals surface area (Å²) in [4.78, 5) is 27.8. The van der Waals surface area contributed by atoms with Crippen molar-refractivity contribution in [1.82, 2.24) is 5.32 Å². The van der Waals surface area contributed by atoms with Gasteiger partial charge in [0.05, 0.1) is 27.0 Å². The zero-order valence-electron chi connectivity index (χ0n) is 23.5. The third kappa shape index (κ3) is 5.07. The number of nitrogens with one attached hydrogen (secondary N) is 2. The first kappa shape index (κ1) is 27.1. The van der Waals surface area contributed by atoms with E-state index >= 15 is 0 Å². The van der Waals surface area contributed by atoms with Crippen LogP contribution in [0.1, 0.15) is 48.3 Å². The Morgan fingerprint density at radius 3 is 2.20 bits per heavy atom. The number of Topliss-reactive ketones (excluding diaryl/α,β-unsaturated/α-hetero) is 1. The molecule has 0 spiro atoms. The third-order valence-electron chi connectivity index (χ3n) is 7.72. The largest absolute Gasteiger partial charge is 0.495 e. The van der Waals surface area contributed by atoms with Gasteiger partial charge in [0.1, 0.15) is 5.75 Å². The van der Waals surface area contributed by atoms with E-state index in [0.29, 0.717) is 46.9 Å². The van der Waals surface area contributed by atoms with Gasteiger partial charge >= 0.3 is 0 Å². The Kier molecular flexibility index (Phi) is 7.65. The molecule has 1 aliphatic carbocycles. The van der Waals surface area contributed by atoms with Crippen molar-refractivity contribution in [3.05, 3.63) is 106 Å². The van der Waals surface area contributed by atoms with Crippen LogP contribution in [0.25, 0.3) is 0 Å². The number of benzene rings is 3. The number of anilines is 1. The quantitative estimate of drug-likeness (QED) is 0.383. The lowest BCUT2D eigenvalue weighted by molar-refractivity contribution is -0.116. The second kappa shape index (κ2) is 11.3. The Balaban J connectivity index is 1.54. The summed E-state index contributed by atoms with van der Waals surface area (Å²) in [6.07, 6.45) is 0.969. The zero-order chi connectivity index (χ0) is 28.4. The zero-order valence-corrected chi connectivity index (χ0v) is 23.5. The highest BCUT2D eigenvalue weighted by molar-refractivity contribution is 6.10. The van der Waals surface area contributed by atoms with Crippen molar-refractivity contribution in [3.63, 3.8) is 0 Å². The number of ketones is 1. The summed E-state index contributed by atoms with van der Waals surface area (Å²) in [5.41, 5.74) is 6.33. The highest BCUT2D eigenvalue weighted by atomic mass is 16.5. The van der Waals surface area contributed by atoms with E-state index < -0.39 is 5.92 Å². The maximum absolute atomic E-state index is 13.9. The van der Waals surface area contributed by atoms with E-state index in [1.54, 1.807) is 33.5 Å². The summed E-state index contributed by atoms with van der Waals surface area (Å²) < 4.78 is 16.4. The molecule has 7 heteroatoms. The molecule has 2 atom stereocenters. The number of rotatable bonds is 7. The number of carbonyl (C=O) groups excluding carboxylic acids is 2. The normalized spacial score (nSPS) is 18.6. The molecule has 0 bridgehead atoms. The fraction of sp³-hybridized carbons (Fsp3) is 0.273. The van der Waals surface area contributed by atoms with Gasteiger partial charge in [-0.1, -0.05) is 48.0 Å². The molecule has 1 heterocycles. The van der Waals surface area contributed by atoms with Gasteiger partial charge in [-0.25, -0.2) is 0 Å². The van der Waals surface area contributed by atoms with Crippen molar-refractivity contribution < 1.29 is 23.8 Å². The van der Waals surface area contributed by atoms with Crippen molar-refractivity contribution in [3.8, 4) is 17.2 Å². The van der Waals surface area contributed by atoms with Gasteiger partial charge in [0.2, 0.25) is 0 Å². The van der Waals surface area contributed by atoms with E-state index in [1.807, 2.05) is 68.4 Å². The van der Waals surface area contributed by atoms with Crippen LogP contribution < -0.4 is 24.8 Å². The van der Waals surface area contributed by atoms with Gasteiger partial charge in [0.25, 0.3) is 5.91 Å². The minimum Gasteiger partial charge on any atom is -0.495 e. The number of dihydropyridines is 1. The van der Waals surface area contributed by atoms with E-state index in [9.17, 15) is 9.59 Å². The van der Waals surface area contributed by atoms with Crippen LogP contribution >= 0.6 is 0 Å². The van der Waals surface area contributed by atoms with Crippen LogP contribution in [0.15, 0.2) is 89.3 Å². The standard InChI is InChI=1S/C33H34N2O5/c1-19-10-12-21(13-11-19)31-30(33(37)35-24-8-6-7-9-27(24)38-3)20(2)34-25-16-23(17-26(36)32(25)31)22-14-15-28(39-4)29(18-22)40-5/h6-15,18,23,31,34H,16-17H2,1-5H3,(H,35,37). The first-order valence-electron chi connectivity index (χ1n) is 13.3. The molecule has 2 unspecified atom stereocenters. The molecule has 3 aromatic carbocycles. The molecular formula is C33H34N2O5. The second-order valence-electron chi connectivity index (χ2n) is 10.2. The summed E-state index contributed by atoms with van der Waals surface area (Å²) in [5.74, 6) is 1.06. The fourth-order valence-corrected chi connectivity index (χ4v) is 5.71. The highest BCUT2D eigenvalue weighted by Gasteiger charge is 2.41. The average molecular weight is 539 g/mol. The summed E-state index contributed by atoms with van der Waals surface area (Å²) >= 11 is 0. The van der Waals surface area contributed by atoms with Crippen LogP contribution in [-0.4, -0.2) is 33.0 Å². The van der Waals surface area contributed by atoms with E-state index in [-0.39, 0.29) is 17.6 Å². The number of ether oxygens (including phenoxy) is 3. The predicted molar refractivity (Wildman–Crippen MR) is 155 cm³/mol. The van der Waals surface area contributed by atoms with Gasteiger partial charge < -0.3 is 24.8 Å². The summed E-state index contributed by atoms with van der Waals surface area (Å²) in [7, 11) is 4.78. The lowest BCUT2D eigenvalue weighted by Gasteiger charge is -2.37. The molecule has 2 aliphatic rings. The number of methoxy groups -OCH3 is 3. The number of carbonyl (C=O) groups is 2. The Bertz CT molecular complexity index is 1520. The number of aryl methyl sites for hydroxylation is 1. The monoisotopic (exact) mass is 538 g/mol. The first-order chi connectivity index (χ1) is 19.3. The Morgan fingerprint density at radius 1 is 0.825 bits per heavy atom. The molecule has 0 radical (unpaired) electrons. The molecule has 7 nitrogen and oxygen atoms in total. The first-order valence-corrected chi connectivity index (χ1v) is 13.3. The van der Waals surface area contributed by atoms with E-state index in [4.69, 9.17) is 14.2 Å². The molecule has 3 aromatic rings. The van der Waals surface area contributed by atoms with Crippen LogP contribution in [0.5, 0.6) is 17.2 Å². The number of allylic oxidation sites excluding steroid dienone is 3. The Morgan fingerprint density at radius 2 is 1.50 bits per heavy atom. The van der Waals surface area contributed by atoms with Gasteiger partial charge in [0, 0.05) is 34.9 Å². The maximum Gasteiger partial charge on any atom is 0.254 e. The number of hydrogen-bond acceptors (Lipinski definition) is 6. The SMILES string of the molecule is COc1ccccc1NC(=O)C1=C(C)NC2=C(C(=O)CC(c3ccc(OC)c(OC)c3)C2)C1c1ccc(C)cc1. The van der Waals surface area contributed by atoms with Crippen LogP contribution in [0.2, 0.25) is 0 Å². The molecule has 1 amide bonds. The van der Waals surface area contributed by atoms with E-state index in [2.05, 4.69) is 10.6 Å². The molecule has 0 saturated heterocycles. The average Bonchev–Trinajstić information content (AvgIpc) is 2.96. The van der Waals surface area contributed by atoms with Crippen LogP contribution in [0.4, 0.5) is 5.69 Å². The van der Waals surface area contributed by atoms with Gasteiger partial charge in [-0.05, 0) is 61.6 Å². The van der Waals surface area contributed by atoms with Crippen LogP contribution in [0.3, 0.4) is 0 Å². The Hall–Kier alpha value is -4.52. The van der Waals surface area contributed by atoms with Crippen LogP contribution in [-0.2, 0) is 9.59 Å². The summed E-state index contributed by atoms with van der Waals surface area (Å²) in [6, 6.07) is 21.1. The highest BCUT2D eigenvalue weighted by Crippen LogP contribution is 2.46. The second-order valence-corrected chi connectivity index (χ2v) is 10.2. The Labute approximate surface area is 234 Å². The van der Waals surface area contributed by atoms with Gasteiger partial charge in [-0.3, -0.25) is 9.59 Å². The molecular weight excluding hydrogens is 504 g/mol. The minimum absolute atomic E-state index is 0.0224. The van der Waals surface area contributed by atoms with E-state index in [0.717, 1.165) is 28.1 Å². The van der Waals surface area contributed by atoms with Crippen molar-refractivity contribution in [2.45, 2.75) is 38.5 Å². The smallest absolute Gasteiger partial charge is 0.254 e. The molecule has 206 valence electrons. The number of hydrogen-bond donors (Lipinski definition) is 2.